The van der Waals surface area contributed by atoms with Crippen LogP contribution in [-0.4, -0.2) is 35.6 Å². The molecule has 2 bridgehead atoms. The van der Waals surface area contributed by atoms with Gasteiger partial charge >= 0.3 is 0 Å². The van der Waals surface area contributed by atoms with E-state index in [2.05, 4.69) is 6.58 Å². The minimum atomic E-state index is -1.12. The van der Waals surface area contributed by atoms with Crippen molar-refractivity contribution in [2.45, 2.75) is 43.0 Å². The van der Waals surface area contributed by atoms with Gasteiger partial charge in [0.15, 0.2) is 0 Å². The Morgan fingerprint density at radius 3 is 2.86 bits per heavy atom. The maximum absolute atomic E-state index is 11.4. The molecule has 4 rings (SSSR count). The average molecular weight is 304 g/mol. The summed E-state index contributed by atoms with van der Waals surface area (Å²) in [6.45, 7) is 4.12. The van der Waals surface area contributed by atoms with E-state index in [1.807, 2.05) is 24.3 Å². The van der Waals surface area contributed by atoms with E-state index in [1.54, 1.807) is 13.2 Å². The summed E-state index contributed by atoms with van der Waals surface area (Å²) in [5.74, 6) is 0.474. The van der Waals surface area contributed by atoms with Crippen molar-refractivity contribution in [3.63, 3.8) is 0 Å². The van der Waals surface area contributed by atoms with E-state index >= 15 is 0 Å². The summed E-state index contributed by atoms with van der Waals surface area (Å²) in [6.07, 6.45) is 3.80. The molecule has 120 valence electrons. The first-order valence-corrected chi connectivity index (χ1v) is 7.83. The molecule has 0 amide bonds. The first-order chi connectivity index (χ1) is 10.5. The fourth-order valence-electron chi connectivity index (χ4n) is 4.29. The molecule has 0 heterocycles. The van der Waals surface area contributed by atoms with Crippen molar-refractivity contribution < 1.29 is 19.7 Å². The predicted molar refractivity (Wildman–Crippen MR) is 83.7 cm³/mol. The van der Waals surface area contributed by atoms with Crippen LogP contribution in [0.25, 0.3) is 0 Å². The molecule has 0 unspecified atom stereocenters. The Balaban J connectivity index is 2.00. The van der Waals surface area contributed by atoms with Crippen molar-refractivity contribution in [3.05, 3.63) is 42.5 Å². The highest BCUT2D eigenvalue weighted by Crippen LogP contribution is 2.57. The van der Waals surface area contributed by atoms with Gasteiger partial charge in [0.2, 0.25) is 0 Å². The van der Waals surface area contributed by atoms with E-state index < -0.39 is 17.3 Å². The van der Waals surface area contributed by atoms with Crippen molar-refractivity contribution in [2.24, 2.45) is 5.92 Å². The number of rotatable bonds is 5. The third-order valence-corrected chi connectivity index (χ3v) is 5.24. The number of methoxy groups -OCH3 is 1. The van der Waals surface area contributed by atoms with Gasteiger partial charge in [-0.3, -0.25) is 0 Å². The summed E-state index contributed by atoms with van der Waals surface area (Å²) >= 11 is 0. The highest BCUT2D eigenvalue weighted by atomic mass is 16.5. The molecule has 0 spiro atoms. The van der Waals surface area contributed by atoms with Crippen LogP contribution in [0.5, 0.6) is 5.75 Å². The standard InChI is InChI=1S/C18H24O4/c1-3-10-22-17-9-8-13(15(19)11-17)18(20,12-17)14-6-4-5-7-16(14)21-2/h3-7,13,15,19-20H,1,8-12H2,2H3/t13-,15+,17-,18-/m1/s1. The van der Waals surface area contributed by atoms with Crippen molar-refractivity contribution in [2.75, 3.05) is 13.7 Å². The van der Waals surface area contributed by atoms with Crippen molar-refractivity contribution in [3.8, 4) is 5.75 Å². The molecule has 4 heteroatoms. The number of aliphatic hydroxyl groups is 2. The number of para-hydroxylation sites is 1. The molecule has 0 radical (unpaired) electrons. The zero-order valence-corrected chi connectivity index (χ0v) is 13.0. The van der Waals surface area contributed by atoms with Gasteiger partial charge in [-0.2, -0.15) is 0 Å². The maximum Gasteiger partial charge on any atom is 0.124 e. The number of ether oxygens (including phenoxy) is 2. The van der Waals surface area contributed by atoms with Crippen molar-refractivity contribution in [1.29, 1.82) is 0 Å². The number of hydrogen-bond acceptors (Lipinski definition) is 4. The molecule has 1 aromatic rings. The summed E-state index contributed by atoms with van der Waals surface area (Å²) in [7, 11) is 1.60. The third-order valence-electron chi connectivity index (χ3n) is 5.24. The number of hydrogen-bond donors (Lipinski definition) is 2. The van der Waals surface area contributed by atoms with Crippen LogP contribution in [0.15, 0.2) is 36.9 Å². The lowest BCUT2D eigenvalue weighted by Gasteiger charge is -2.57. The molecule has 3 fully saturated rings. The second-order valence-electron chi connectivity index (χ2n) is 6.50. The molecular weight excluding hydrogens is 280 g/mol. The summed E-state index contributed by atoms with van der Waals surface area (Å²) in [5, 5.41) is 22.0. The highest BCUT2D eigenvalue weighted by Gasteiger charge is 2.59. The molecule has 3 aliphatic rings. The quantitative estimate of drug-likeness (QED) is 0.820. The number of fused-ring (bicyclic) bond motifs is 3. The van der Waals surface area contributed by atoms with E-state index in [0.717, 1.165) is 18.4 Å². The van der Waals surface area contributed by atoms with Crippen LogP contribution in [0, 0.1) is 5.92 Å². The fourth-order valence-corrected chi connectivity index (χ4v) is 4.29. The maximum atomic E-state index is 11.4. The Morgan fingerprint density at radius 1 is 1.41 bits per heavy atom. The highest BCUT2D eigenvalue weighted by molar-refractivity contribution is 5.40. The second-order valence-corrected chi connectivity index (χ2v) is 6.50. The van der Waals surface area contributed by atoms with Crippen molar-refractivity contribution >= 4 is 0 Å². The van der Waals surface area contributed by atoms with Crippen LogP contribution in [0.1, 0.15) is 31.2 Å². The molecule has 4 nitrogen and oxygen atoms in total. The average Bonchev–Trinajstić information content (AvgIpc) is 2.53. The molecule has 2 N–H and O–H groups in total. The van der Waals surface area contributed by atoms with Crippen LogP contribution in [0.2, 0.25) is 0 Å². The summed E-state index contributed by atoms with van der Waals surface area (Å²) in [4.78, 5) is 0. The topological polar surface area (TPSA) is 58.9 Å². The lowest BCUT2D eigenvalue weighted by molar-refractivity contribution is -0.233. The lowest BCUT2D eigenvalue weighted by atomic mass is 9.56. The fraction of sp³-hybridized carbons (Fsp3) is 0.556. The Hall–Kier alpha value is -1.36. The minimum absolute atomic E-state index is 0.182. The van der Waals surface area contributed by atoms with Crippen LogP contribution >= 0.6 is 0 Å². The van der Waals surface area contributed by atoms with Gasteiger partial charge in [-0.15, -0.1) is 6.58 Å². The van der Waals surface area contributed by atoms with Gasteiger partial charge in [0, 0.05) is 24.3 Å². The van der Waals surface area contributed by atoms with Crippen LogP contribution in [0.4, 0.5) is 0 Å². The van der Waals surface area contributed by atoms with Gasteiger partial charge < -0.3 is 19.7 Å². The van der Waals surface area contributed by atoms with Gasteiger partial charge in [0.25, 0.3) is 0 Å². The molecular formula is C18H24O4. The third kappa shape index (κ3) is 2.35. The van der Waals surface area contributed by atoms with Crippen LogP contribution in [-0.2, 0) is 10.3 Å². The Bertz CT molecular complexity index is 558. The molecule has 3 saturated carbocycles. The van der Waals surface area contributed by atoms with E-state index in [9.17, 15) is 10.2 Å². The normalized spacial score (nSPS) is 37.0. The second kappa shape index (κ2) is 5.69. The zero-order chi connectivity index (χ0) is 15.8. The summed E-state index contributed by atoms with van der Waals surface area (Å²) < 4.78 is 11.4. The van der Waals surface area contributed by atoms with Crippen molar-refractivity contribution in [1.82, 2.24) is 0 Å². The van der Waals surface area contributed by atoms with Gasteiger partial charge in [-0.1, -0.05) is 24.3 Å². The first-order valence-electron chi connectivity index (χ1n) is 7.83. The van der Waals surface area contributed by atoms with Gasteiger partial charge in [0.1, 0.15) is 11.4 Å². The molecule has 3 aliphatic carbocycles. The molecule has 0 aromatic heterocycles. The van der Waals surface area contributed by atoms with E-state index in [4.69, 9.17) is 9.47 Å². The van der Waals surface area contributed by atoms with Crippen LogP contribution < -0.4 is 4.74 Å². The Kier molecular flexibility index (Phi) is 4.02. The predicted octanol–water partition coefficient (Wildman–Crippen LogP) is 2.39. The SMILES string of the molecule is C=CCO[C@]12CC[C@H]([C@@H](O)C1)[C@@](O)(c1ccccc1OC)C2. The van der Waals surface area contributed by atoms with Gasteiger partial charge in [-0.25, -0.2) is 0 Å². The summed E-state index contributed by atoms with van der Waals surface area (Å²) in [5.41, 5.74) is -0.866. The lowest BCUT2D eigenvalue weighted by Crippen LogP contribution is -2.61. The zero-order valence-electron chi connectivity index (χ0n) is 13.0. The van der Waals surface area contributed by atoms with E-state index in [0.29, 0.717) is 25.2 Å². The van der Waals surface area contributed by atoms with Crippen LogP contribution in [0.3, 0.4) is 0 Å². The summed E-state index contributed by atoms with van der Waals surface area (Å²) in [6, 6.07) is 7.50. The van der Waals surface area contributed by atoms with E-state index in [-0.39, 0.29) is 5.92 Å². The van der Waals surface area contributed by atoms with Gasteiger partial charge in [0.05, 0.1) is 25.4 Å². The van der Waals surface area contributed by atoms with E-state index in [1.165, 1.54) is 0 Å². The first kappa shape index (κ1) is 15.5. The Morgan fingerprint density at radius 2 is 2.18 bits per heavy atom. The number of aliphatic hydroxyl groups excluding tert-OH is 1. The Labute approximate surface area is 131 Å². The molecule has 22 heavy (non-hydrogen) atoms. The largest absolute Gasteiger partial charge is 0.496 e. The number of benzene rings is 1. The minimum Gasteiger partial charge on any atom is -0.496 e. The molecule has 1 aromatic carbocycles. The van der Waals surface area contributed by atoms with Gasteiger partial charge in [-0.05, 0) is 18.9 Å². The molecule has 0 saturated heterocycles. The molecule has 0 aliphatic heterocycles. The monoisotopic (exact) mass is 304 g/mol. The smallest absolute Gasteiger partial charge is 0.124 e. The molecule has 4 atom stereocenters.